The van der Waals surface area contributed by atoms with Crippen LogP contribution in [0, 0.1) is 13.8 Å². The number of amides is 1. The molecule has 0 aliphatic carbocycles. The molecule has 1 aliphatic rings. The lowest BCUT2D eigenvalue weighted by atomic mass is 10.1. The minimum atomic E-state index is -3.47. The number of carbonyl (C=O) groups is 1. The second-order valence-corrected chi connectivity index (χ2v) is 9.34. The summed E-state index contributed by atoms with van der Waals surface area (Å²) in [6, 6.07) is 14.2. The van der Waals surface area contributed by atoms with Crippen molar-refractivity contribution in [1.29, 1.82) is 0 Å². The quantitative estimate of drug-likeness (QED) is 0.790. The van der Waals surface area contributed by atoms with E-state index in [-0.39, 0.29) is 11.9 Å². The van der Waals surface area contributed by atoms with Crippen LogP contribution in [0.3, 0.4) is 0 Å². The number of carbonyl (C=O) groups excluding carboxylic acids is 1. The predicted molar refractivity (Wildman–Crippen MR) is 110 cm³/mol. The molecule has 0 saturated carbocycles. The van der Waals surface area contributed by atoms with Crippen molar-refractivity contribution in [2.45, 2.75) is 31.7 Å². The Labute approximate surface area is 167 Å². The lowest BCUT2D eigenvalue weighted by Gasteiger charge is -2.34. The molecule has 0 radical (unpaired) electrons. The third-order valence-corrected chi connectivity index (χ3v) is 7.32. The fraction of sp³-hybridized carbons (Fsp3) is 0.381. The second-order valence-electron chi connectivity index (χ2n) is 7.40. The van der Waals surface area contributed by atoms with Crippen LogP contribution in [0.25, 0.3) is 0 Å². The number of hydrogen-bond donors (Lipinski definition) is 2. The van der Waals surface area contributed by atoms with Gasteiger partial charge in [-0.2, -0.15) is 4.31 Å². The van der Waals surface area contributed by atoms with Crippen molar-refractivity contribution in [2.24, 2.45) is 0 Å². The first kappa shape index (κ1) is 20.5. The largest absolute Gasteiger partial charge is 0.323 e. The summed E-state index contributed by atoms with van der Waals surface area (Å²) in [5.41, 5.74) is 2.96. The molecule has 28 heavy (non-hydrogen) atoms. The topological polar surface area (TPSA) is 70.9 Å². The number of sulfonamides is 1. The molecule has 0 bridgehead atoms. The van der Waals surface area contributed by atoms with Gasteiger partial charge in [-0.25, -0.2) is 8.42 Å². The number of aryl methyl sites for hydroxylation is 2. The summed E-state index contributed by atoms with van der Waals surface area (Å²) in [5.74, 6) is -0.0388. The highest BCUT2D eigenvalue weighted by Crippen LogP contribution is 2.17. The van der Waals surface area contributed by atoms with Gasteiger partial charge in [0.1, 0.15) is 0 Å². The molecule has 0 unspecified atom stereocenters. The van der Waals surface area contributed by atoms with E-state index in [2.05, 4.69) is 5.32 Å². The van der Waals surface area contributed by atoms with Crippen LogP contribution in [-0.4, -0.2) is 50.9 Å². The van der Waals surface area contributed by atoms with Crippen molar-refractivity contribution >= 4 is 21.6 Å². The Morgan fingerprint density at radius 1 is 1.07 bits per heavy atom. The summed E-state index contributed by atoms with van der Waals surface area (Å²) in [6.07, 6.45) is 0. The number of quaternary nitrogens is 1. The van der Waals surface area contributed by atoms with Gasteiger partial charge in [0.25, 0.3) is 5.91 Å². The Hall–Kier alpha value is -2.22. The number of hydrogen-bond acceptors (Lipinski definition) is 3. The van der Waals surface area contributed by atoms with E-state index in [1.54, 1.807) is 30.3 Å². The summed E-state index contributed by atoms with van der Waals surface area (Å²) >= 11 is 0. The third kappa shape index (κ3) is 4.43. The van der Waals surface area contributed by atoms with Crippen molar-refractivity contribution in [3.05, 3.63) is 59.7 Å². The van der Waals surface area contributed by atoms with E-state index in [0.717, 1.165) is 21.7 Å². The number of benzene rings is 2. The summed E-state index contributed by atoms with van der Waals surface area (Å²) < 4.78 is 27.0. The molecule has 0 aromatic heterocycles. The van der Waals surface area contributed by atoms with Gasteiger partial charge < -0.3 is 10.2 Å². The van der Waals surface area contributed by atoms with Gasteiger partial charge in [-0.1, -0.05) is 30.3 Å². The van der Waals surface area contributed by atoms with Gasteiger partial charge in [0.05, 0.1) is 31.1 Å². The van der Waals surface area contributed by atoms with E-state index in [1.807, 2.05) is 39.0 Å². The Morgan fingerprint density at radius 3 is 2.36 bits per heavy atom. The molecule has 150 valence electrons. The number of piperazine rings is 1. The van der Waals surface area contributed by atoms with Crippen LogP contribution in [-0.2, 0) is 14.8 Å². The first-order chi connectivity index (χ1) is 13.3. The van der Waals surface area contributed by atoms with E-state index in [4.69, 9.17) is 0 Å². The lowest BCUT2D eigenvalue weighted by molar-refractivity contribution is -0.917. The van der Waals surface area contributed by atoms with Crippen molar-refractivity contribution in [1.82, 2.24) is 4.31 Å². The van der Waals surface area contributed by atoms with Crippen molar-refractivity contribution < 1.29 is 18.1 Å². The van der Waals surface area contributed by atoms with Gasteiger partial charge in [0.15, 0.2) is 6.04 Å². The molecule has 1 amide bonds. The van der Waals surface area contributed by atoms with Crippen LogP contribution in [0.2, 0.25) is 0 Å². The molecule has 2 N–H and O–H groups in total. The van der Waals surface area contributed by atoms with Gasteiger partial charge in [0.2, 0.25) is 10.0 Å². The third-order valence-electron chi connectivity index (χ3n) is 5.40. The number of anilines is 1. The highest BCUT2D eigenvalue weighted by atomic mass is 32.2. The minimum Gasteiger partial charge on any atom is -0.323 e. The van der Waals surface area contributed by atoms with Crippen LogP contribution in [0.4, 0.5) is 5.69 Å². The summed E-state index contributed by atoms with van der Waals surface area (Å²) in [4.78, 5) is 14.1. The predicted octanol–water partition coefficient (Wildman–Crippen LogP) is 1.22. The van der Waals surface area contributed by atoms with Gasteiger partial charge in [-0.05, 0) is 50.1 Å². The monoisotopic (exact) mass is 402 g/mol. The fourth-order valence-electron chi connectivity index (χ4n) is 3.49. The van der Waals surface area contributed by atoms with Crippen LogP contribution >= 0.6 is 0 Å². The zero-order valence-electron chi connectivity index (χ0n) is 16.6. The SMILES string of the molecule is Cc1ccc(C)c(NC(=O)[C@H](C)[NH+]2CCN(S(=O)(=O)c3ccccc3)CC2)c1. The lowest BCUT2D eigenvalue weighted by Crippen LogP contribution is -3.19. The maximum Gasteiger partial charge on any atom is 0.282 e. The smallest absolute Gasteiger partial charge is 0.282 e. The van der Waals surface area contributed by atoms with E-state index in [9.17, 15) is 13.2 Å². The molecule has 2 aromatic carbocycles. The van der Waals surface area contributed by atoms with Gasteiger partial charge in [0, 0.05) is 5.69 Å². The van der Waals surface area contributed by atoms with E-state index >= 15 is 0 Å². The minimum absolute atomic E-state index is 0.0388. The van der Waals surface area contributed by atoms with Crippen molar-refractivity contribution in [3.63, 3.8) is 0 Å². The van der Waals surface area contributed by atoms with Crippen molar-refractivity contribution in [3.8, 4) is 0 Å². The Bertz CT molecular complexity index is 937. The number of nitrogens with one attached hydrogen (secondary N) is 2. The molecular formula is C21H28N3O3S+. The molecule has 2 aromatic rings. The first-order valence-corrected chi connectivity index (χ1v) is 11.0. The first-order valence-electron chi connectivity index (χ1n) is 9.57. The highest BCUT2D eigenvalue weighted by molar-refractivity contribution is 7.89. The highest BCUT2D eigenvalue weighted by Gasteiger charge is 2.34. The Balaban J connectivity index is 1.61. The zero-order chi connectivity index (χ0) is 20.3. The van der Waals surface area contributed by atoms with Crippen molar-refractivity contribution in [2.75, 3.05) is 31.5 Å². The molecule has 1 fully saturated rings. The fourth-order valence-corrected chi connectivity index (χ4v) is 4.95. The molecule has 6 nitrogen and oxygen atoms in total. The molecule has 1 aliphatic heterocycles. The molecular weight excluding hydrogens is 374 g/mol. The van der Waals surface area contributed by atoms with E-state index in [0.29, 0.717) is 31.1 Å². The van der Waals surface area contributed by atoms with E-state index < -0.39 is 10.0 Å². The van der Waals surface area contributed by atoms with Crippen LogP contribution in [0.15, 0.2) is 53.4 Å². The normalized spacial score (nSPS) is 17.2. The summed E-state index contributed by atoms with van der Waals surface area (Å²) in [7, 11) is -3.47. The zero-order valence-corrected chi connectivity index (χ0v) is 17.4. The van der Waals surface area contributed by atoms with Crippen LogP contribution in [0.1, 0.15) is 18.1 Å². The maximum absolute atomic E-state index is 12.7. The molecule has 0 spiro atoms. The van der Waals surface area contributed by atoms with Crippen LogP contribution in [0.5, 0.6) is 0 Å². The van der Waals surface area contributed by atoms with Crippen LogP contribution < -0.4 is 10.2 Å². The van der Waals surface area contributed by atoms with Gasteiger partial charge in [-0.3, -0.25) is 4.79 Å². The molecule has 7 heteroatoms. The standard InChI is InChI=1S/C21H27N3O3S/c1-16-9-10-17(2)20(15-16)22-21(25)18(3)23-11-13-24(14-12-23)28(26,27)19-7-5-4-6-8-19/h4-10,15,18H,11-14H2,1-3H3,(H,22,25)/p+1/t18-/m0/s1. The van der Waals surface area contributed by atoms with Gasteiger partial charge >= 0.3 is 0 Å². The summed E-state index contributed by atoms with van der Waals surface area (Å²) in [6.45, 7) is 7.90. The molecule has 1 heterocycles. The van der Waals surface area contributed by atoms with E-state index in [1.165, 1.54) is 4.31 Å². The average Bonchev–Trinajstić information content (AvgIpc) is 2.71. The molecule has 1 saturated heterocycles. The molecule has 3 rings (SSSR count). The molecule has 1 atom stereocenters. The second kappa shape index (κ2) is 8.43. The summed E-state index contributed by atoms with van der Waals surface area (Å²) in [5, 5.41) is 3.02. The average molecular weight is 403 g/mol. The number of rotatable bonds is 5. The number of nitrogens with zero attached hydrogens (tertiary/aromatic N) is 1. The Kier molecular flexibility index (Phi) is 6.17. The Morgan fingerprint density at radius 2 is 1.71 bits per heavy atom. The van der Waals surface area contributed by atoms with Gasteiger partial charge in [-0.15, -0.1) is 0 Å². The maximum atomic E-state index is 12.7.